The zero-order valence-electron chi connectivity index (χ0n) is 11.0. The van der Waals surface area contributed by atoms with Crippen molar-refractivity contribution in [3.8, 4) is 0 Å². The molecule has 1 saturated heterocycles. The summed E-state index contributed by atoms with van der Waals surface area (Å²) in [6.45, 7) is 6.37. The van der Waals surface area contributed by atoms with E-state index >= 15 is 0 Å². The zero-order chi connectivity index (χ0) is 12.5. The maximum atomic E-state index is 13.5. The summed E-state index contributed by atoms with van der Waals surface area (Å²) in [5.41, 5.74) is 2.44. The van der Waals surface area contributed by atoms with Gasteiger partial charge in [-0.25, -0.2) is 4.39 Å². The Morgan fingerprint density at radius 2 is 2.00 bits per heavy atom. The van der Waals surface area contributed by atoms with Crippen molar-refractivity contribution in [2.45, 2.75) is 25.8 Å². The average Bonchev–Trinajstić information content (AvgIpc) is 3.20. The molecule has 2 fully saturated rings. The van der Waals surface area contributed by atoms with Crippen LogP contribution in [0.5, 0.6) is 0 Å². The summed E-state index contributed by atoms with van der Waals surface area (Å²) in [5.74, 6) is 0.639. The molecule has 1 aliphatic heterocycles. The Labute approximate surface area is 108 Å². The lowest BCUT2D eigenvalue weighted by molar-refractivity contribution is 0.155. The molecular weight excluding hydrogens is 227 g/mol. The normalized spacial score (nSPS) is 23.0. The van der Waals surface area contributed by atoms with Gasteiger partial charge in [0.25, 0.3) is 0 Å². The fourth-order valence-corrected chi connectivity index (χ4v) is 3.05. The molecule has 0 unspecified atom stereocenters. The van der Waals surface area contributed by atoms with Crippen molar-refractivity contribution in [2.75, 3.05) is 26.2 Å². The van der Waals surface area contributed by atoms with Gasteiger partial charge in [-0.15, -0.1) is 0 Å². The minimum absolute atomic E-state index is 0.101. The van der Waals surface area contributed by atoms with E-state index in [1.54, 1.807) is 12.1 Å². The van der Waals surface area contributed by atoms with Gasteiger partial charge in [0.15, 0.2) is 0 Å². The molecule has 0 amide bonds. The van der Waals surface area contributed by atoms with Crippen molar-refractivity contribution >= 4 is 0 Å². The molecular formula is C15H21FN2. The molecule has 2 aliphatic rings. The predicted molar refractivity (Wildman–Crippen MR) is 71.0 cm³/mol. The first-order valence-electron chi connectivity index (χ1n) is 6.96. The highest BCUT2D eigenvalue weighted by molar-refractivity contribution is 5.31. The van der Waals surface area contributed by atoms with Crippen molar-refractivity contribution in [3.05, 3.63) is 35.1 Å². The van der Waals surface area contributed by atoms with Gasteiger partial charge in [0.05, 0.1) is 0 Å². The standard InChI is InChI=1S/C15H21FN2/c1-11-2-5-13(16)10-14(11)15(12-3-4-12)18-8-6-17-7-9-18/h2,5,10,12,15,17H,3-4,6-9H2,1H3/t15-/m1/s1. The van der Waals surface area contributed by atoms with Crippen LogP contribution in [0.3, 0.4) is 0 Å². The largest absolute Gasteiger partial charge is 0.314 e. The molecule has 0 spiro atoms. The van der Waals surface area contributed by atoms with Gasteiger partial charge in [-0.3, -0.25) is 4.90 Å². The van der Waals surface area contributed by atoms with Crippen LogP contribution in [0.25, 0.3) is 0 Å². The predicted octanol–water partition coefficient (Wildman–Crippen LogP) is 2.49. The van der Waals surface area contributed by atoms with Gasteiger partial charge in [0.1, 0.15) is 5.82 Å². The van der Waals surface area contributed by atoms with E-state index in [-0.39, 0.29) is 5.82 Å². The Bertz CT molecular complexity index is 423. The lowest BCUT2D eigenvalue weighted by atomic mass is 9.95. The van der Waals surface area contributed by atoms with Crippen molar-refractivity contribution in [1.29, 1.82) is 0 Å². The second-order valence-corrected chi connectivity index (χ2v) is 5.57. The van der Waals surface area contributed by atoms with Crippen molar-refractivity contribution in [3.63, 3.8) is 0 Å². The summed E-state index contributed by atoms with van der Waals surface area (Å²) in [7, 11) is 0. The fraction of sp³-hybridized carbons (Fsp3) is 0.600. The Morgan fingerprint density at radius 1 is 1.28 bits per heavy atom. The van der Waals surface area contributed by atoms with E-state index in [4.69, 9.17) is 0 Å². The first kappa shape index (κ1) is 12.1. The van der Waals surface area contributed by atoms with E-state index in [1.807, 2.05) is 6.07 Å². The molecule has 18 heavy (non-hydrogen) atoms. The second-order valence-electron chi connectivity index (χ2n) is 5.57. The first-order valence-corrected chi connectivity index (χ1v) is 6.96. The maximum Gasteiger partial charge on any atom is 0.123 e. The zero-order valence-corrected chi connectivity index (χ0v) is 11.0. The first-order chi connectivity index (χ1) is 8.75. The highest BCUT2D eigenvalue weighted by Crippen LogP contribution is 2.45. The van der Waals surface area contributed by atoms with Crippen LogP contribution in [-0.2, 0) is 0 Å². The van der Waals surface area contributed by atoms with Gasteiger partial charge < -0.3 is 5.32 Å². The molecule has 3 rings (SSSR count). The molecule has 3 heteroatoms. The Kier molecular flexibility index (Phi) is 3.35. The summed E-state index contributed by atoms with van der Waals surface area (Å²) < 4.78 is 13.5. The molecule has 1 aromatic rings. The van der Waals surface area contributed by atoms with Crippen LogP contribution in [-0.4, -0.2) is 31.1 Å². The number of piperazine rings is 1. The maximum absolute atomic E-state index is 13.5. The number of aryl methyl sites for hydroxylation is 1. The summed E-state index contributed by atoms with van der Waals surface area (Å²) in [5, 5.41) is 3.39. The second kappa shape index (κ2) is 4.98. The lowest BCUT2D eigenvalue weighted by Gasteiger charge is -2.36. The Morgan fingerprint density at radius 3 is 2.67 bits per heavy atom. The molecule has 98 valence electrons. The third-order valence-electron chi connectivity index (χ3n) is 4.17. The van der Waals surface area contributed by atoms with Gasteiger partial charge in [0.2, 0.25) is 0 Å². The van der Waals surface area contributed by atoms with Crippen LogP contribution < -0.4 is 5.32 Å². The van der Waals surface area contributed by atoms with Gasteiger partial charge in [-0.05, 0) is 48.9 Å². The van der Waals surface area contributed by atoms with Crippen molar-refractivity contribution in [1.82, 2.24) is 10.2 Å². The minimum Gasteiger partial charge on any atom is -0.314 e. The fourth-order valence-electron chi connectivity index (χ4n) is 3.05. The van der Waals surface area contributed by atoms with E-state index in [0.29, 0.717) is 6.04 Å². The van der Waals surface area contributed by atoms with Crippen LogP contribution in [0.1, 0.15) is 30.0 Å². The number of rotatable bonds is 3. The quantitative estimate of drug-likeness (QED) is 0.884. The summed E-state index contributed by atoms with van der Waals surface area (Å²) in [6.07, 6.45) is 2.59. The number of nitrogens with one attached hydrogen (secondary N) is 1. The summed E-state index contributed by atoms with van der Waals surface area (Å²) >= 11 is 0. The molecule has 1 atom stereocenters. The minimum atomic E-state index is -0.101. The van der Waals surface area contributed by atoms with Crippen LogP contribution in [0.15, 0.2) is 18.2 Å². The number of hydrogen-bond donors (Lipinski definition) is 1. The number of halogens is 1. The van der Waals surface area contributed by atoms with E-state index in [0.717, 1.165) is 32.1 Å². The molecule has 0 bridgehead atoms. The van der Waals surface area contributed by atoms with Gasteiger partial charge >= 0.3 is 0 Å². The lowest BCUT2D eigenvalue weighted by Crippen LogP contribution is -2.45. The molecule has 2 nitrogen and oxygen atoms in total. The highest BCUT2D eigenvalue weighted by Gasteiger charge is 2.37. The van der Waals surface area contributed by atoms with Crippen LogP contribution >= 0.6 is 0 Å². The van der Waals surface area contributed by atoms with Crippen LogP contribution in [0.2, 0.25) is 0 Å². The molecule has 1 N–H and O–H groups in total. The third kappa shape index (κ3) is 2.43. The average molecular weight is 248 g/mol. The third-order valence-corrected chi connectivity index (χ3v) is 4.17. The van der Waals surface area contributed by atoms with E-state index in [2.05, 4.69) is 17.1 Å². The number of hydrogen-bond acceptors (Lipinski definition) is 2. The molecule has 1 aromatic carbocycles. The van der Waals surface area contributed by atoms with Crippen molar-refractivity contribution in [2.24, 2.45) is 5.92 Å². The summed E-state index contributed by atoms with van der Waals surface area (Å²) in [4.78, 5) is 2.54. The molecule has 0 radical (unpaired) electrons. The molecule has 0 aromatic heterocycles. The number of nitrogens with zero attached hydrogens (tertiary/aromatic N) is 1. The van der Waals surface area contributed by atoms with Crippen LogP contribution in [0, 0.1) is 18.7 Å². The Balaban J connectivity index is 1.90. The SMILES string of the molecule is Cc1ccc(F)cc1[C@@H](C1CC1)N1CCNCC1. The molecule has 1 aliphatic carbocycles. The van der Waals surface area contributed by atoms with Gasteiger partial charge in [0, 0.05) is 32.2 Å². The van der Waals surface area contributed by atoms with Crippen LogP contribution in [0.4, 0.5) is 4.39 Å². The monoisotopic (exact) mass is 248 g/mol. The van der Waals surface area contributed by atoms with E-state index in [9.17, 15) is 4.39 Å². The molecule has 1 saturated carbocycles. The Hall–Kier alpha value is -0.930. The van der Waals surface area contributed by atoms with E-state index in [1.165, 1.54) is 24.0 Å². The van der Waals surface area contributed by atoms with Gasteiger partial charge in [-0.1, -0.05) is 6.07 Å². The smallest absolute Gasteiger partial charge is 0.123 e. The highest BCUT2D eigenvalue weighted by atomic mass is 19.1. The topological polar surface area (TPSA) is 15.3 Å². The van der Waals surface area contributed by atoms with Crippen molar-refractivity contribution < 1.29 is 4.39 Å². The number of benzene rings is 1. The van der Waals surface area contributed by atoms with E-state index < -0.39 is 0 Å². The van der Waals surface area contributed by atoms with Gasteiger partial charge in [-0.2, -0.15) is 0 Å². The molecule has 1 heterocycles. The summed E-state index contributed by atoms with van der Waals surface area (Å²) in [6, 6.07) is 5.67.